The third-order valence-electron chi connectivity index (χ3n) is 4.08. The number of allylic oxidation sites excluding steroid dienone is 3. The quantitative estimate of drug-likeness (QED) is 0.316. The molecular formula is C24H27N3. The van der Waals surface area contributed by atoms with Crippen LogP contribution in [0.1, 0.15) is 37.8 Å². The summed E-state index contributed by atoms with van der Waals surface area (Å²) in [4.78, 5) is 12.7. The zero-order valence-corrected chi connectivity index (χ0v) is 16.1. The second kappa shape index (κ2) is 10.8. The van der Waals surface area contributed by atoms with Crippen molar-refractivity contribution in [2.24, 2.45) is 4.99 Å². The number of unbranched alkanes of at least 4 members (excludes halogenated alkanes) is 1. The van der Waals surface area contributed by atoms with E-state index in [4.69, 9.17) is 0 Å². The molecule has 0 bridgehead atoms. The lowest BCUT2D eigenvalue weighted by molar-refractivity contribution is 0.629. The number of rotatable bonds is 9. The average Bonchev–Trinajstić information content (AvgIpc) is 2.70. The van der Waals surface area contributed by atoms with Crippen molar-refractivity contribution < 1.29 is 0 Å². The Morgan fingerprint density at radius 3 is 2.15 bits per heavy atom. The van der Waals surface area contributed by atoms with E-state index in [1.54, 1.807) is 24.7 Å². The average molecular weight is 358 g/mol. The minimum absolute atomic E-state index is 0.313. The zero-order valence-electron chi connectivity index (χ0n) is 16.1. The predicted molar refractivity (Wildman–Crippen MR) is 117 cm³/mol. The molecule has 0 aliphatic rings. The van der Waals surface area contributed by atoms with Crippen LogP contribution in [0.5, 0.6) is 0 Å². The largest absolute Gasteiger partial charge is 0.282 e. The first kappa shape index (κ1) is 20.2. The highest BCUT2D eigenvalue weighted by atomic mass is 14.8. The van der Waals surface area contributed by atoms with Crippen LogP contribution in [0.2, 0.25) is 0 Å². The first-order valence-corrected chi connectivity index (χ1v) is 9.13. The Labute approximate surface area is 162 Å². The molecule has 138 valence electrons. The van der Waals surface area contributed by atoms with E-state index in [9.17, 15) is 0 Å². The van der Waals surface area contributed by atoms with Crippen LogP contribution in [0, 0.1) is 0 Å². The summed E-state index contributed by atoms with van der Waals surface area (Å²) in [5.74, 6) is 0. The fourth-order valence-corrected chi connectivity index (χ4v) is 2.52. The topological polar surface area (TPSA) is 38.1 Å². The van der Waals surface area contributed by atoms with Gasteiger partial charge >= 0.3 is 0 Å². The van der Waals surface area contributed by atoms with E-state index in [1.165, 1.54) is 11.1 Å². The van der Waals surface area contributed by atoms with E-state index in [1.807, 2.05) is 36.7 Å². The predicted octanol–water partition coefficient (Wildman–Crippen LogP) is 5.95. The molecule has 2 heterocycles. The summed E-state index contributed by atoms with van der Waals surface area (Å²) in [7, 11) is 0. The third kappa shape index (κ3) is 7.37. The summed E-state index contributed by atoms with van der Waals surface area (Å²) in [6, 6.07) is 7.99. The molecule has 0 unspecified atom stereocenters. The number of pyridine rings is 2. The number of hydrogen-bond acceptors (Lipinski definition) is 3. The van der Waals surface area contributed by atoms with Crippen LogP contribution in [0.3, 0.4) is 0 Å². The molecule has 27 heavy (non-hydrogen) atoms. The Kier molecular flexibility index (Phi) is 8.11. The van der Waals surface area contributed by atoms with Gasteiger partial charge in [-0.3, -0.25) is 15.0 Å². The van der Waals surface area contributed by atoms with Crippen molar-refractivity contribution in [2.75, 3.05) is 0 Å². The zero-order chi connectivity index (χ0) is 19.4. The maximum atomic E-state index is 4.63. The minimum atomic E-state index is -0.313. The number of nitrogens with zero attached hydrogens (tertiary/aromatic N) is 3. The minimum Gasteiger partial charge on any atom is -0.282 e. The van der Waals surface area contributed by atoms with Crippen LogP contribution < -0.4 is 0 Å². The first-order valence-electron chi connectivity index (χ1n) is 9.13. The number of aliphatic imine (C=N–C) groups is 1. The van der Waals surface area contributed by atoms with Gasteiger partial charge in [0.25, 0.3) is 0 Å². The Balaban J connectivity index is 2.09. The van der Waals surface area contributed by atoms with Crippen molar-refractivity contribution in [1.82, 2.24) is 9.97 Å². The van der Waals surface area contributed by atoms with Crippen LogP contribution in [-0.4, -0.2) is 21.7 Å². The summed E-state index contributed by atoms with van der Waals surface area (Å²) in [5, 5.41) is 0. The summed E-state index contributed by atoms with van der Waals surface area (Å²) < 4.78 is 0. The Hall–Kier alpha value is -3.07. The van der Waals surface area contributed by atoms with Crippen LogP contribution in [0.4, 0.5) is 0 Å². The van der Waals surface area contributed by atoms with Crippen LogP contribution in [0.15, 0.2) is 90.5 Å². The van der Waals surface area contributed by atoms with Gasteiger partial charge in [0.15, 0.2) is 0 Å². The molecule has 0 saturated heterocycles. The molecule has 0 aliphatic carbocycles. The molecule has 0 amide bonds. The van der Waals surface area contributed by atoms with E-state index in [0.29, 0.717) is 0 Å². The van der Waals surface area contributed by atoms with Gasteiger partial charge in [-0.2, -0.15) is 0 Å². The molecule has 0 radical (unpaired) electrons. The standard InChI is InChI=1S/C24H27N3/c1-4-16-27-24(2,3)23(11-10-22-14-19-26-20-15-22)9-7-5-6-8-21-12-17-25-18-13-21/h4,6,8-20H,1,5,7H2,2-3H3/b8-6+,11-10+,23-9-,27-16-. The second-order valence-electron chi connectivity index (χ2n) is 6.61. The first-order chi connectivity index (χ1) is 13.1. The van der Waals surface area contributed by atoms with Gasteiger partial charge < -0.3 is 0 Å². The normalized spacial score (nSPS) is 13.0. The van der Waals surface area contributed by atoms with Crippen LogP contribution >= 0.6 is 0 Å². The Bertz CT molecular complexity index is 813. The summed E-state index contributed by atoms with van der Waals surface area (Å²) >= 11 is 0. The van der Waals surface area contributed by atoms with Gasteiger partial charge in [0.05, 0.1) is 5.54 Å². The summed E-state index contributed by atoms with van der Waals surface area (Å²) in [6.45, 7) is 7.95. The van der Waals surface area contributed by atoms with Gasteiger partial charge in [0.1, 0.15) is 0 Å². The summed E-state index contributed by atoms with van der Waals surface area (Å²) in [5.41, 5.74) is 3.15. The molecule has 0 saturated carbocycles. The van der Waals surface area contributed by atoms with Crippen molar-refractivity contribution in [1.29, 1.82) is 0 Å². The van der Waals surface area contributed by atoms with Crippen molar-refractivity contribution in [3.8, 4) is 0 Å². The SMILES string of the molecule is C=C/C=N\C(C)(C)C(=C\CC/C=C/c1ccncc1)/C=C/c1ccncc1. The summed E-state index contributed by atoms with van der Waals surface area (Å²) in [6.07, 6.45) is 23.4. The molecule has 0 aromatic carbocycles. The highest BCUT2D eigenvalue weighted by Gasteiger charge is 2.18. The van der Waals surface area contributed by atoms with E-state index in [0.717, 1.165) is 18.4 Å². The third-order valence-corrected chi connectivity index (χ3v) is 4.08. The van der Waals surface area contributed by atoms with Crippen molar-refractivity contribution in [2.45, 2.75) is 32.2 Å². The Morgan fingerprint density at radius 2 is 1.56 bits per heavy atom. The van der Waals surface area contributed by atoms with Gasteiger partial charge in [-0.1, -0.05) is 43.0 Å². The molecule has 0 N–H and O–H groups in total. The van der Waals surface area contributed by atoms with E-state index in [2.05, 4.69) is 65.8 Å². The van der Waals surface area contributed by atoms with E-state index in [-0.39, 0.29) is 5.54 Å². The molecule has 2 rings (SSSR count). The van der Waals surface area contributed by atoms with Crippen LogP contribution in [0.25, 0.3) is 12.2 Å². The number of aromatic nitrogens is 2. The van der Waals surface area contributed by atoms with Crippen LogP contribution in [-0.2, 0) is 0 Å². The van der Waals surface area contributed by atoms with Crippen molar-refractivity contribution in [3.63, 3.8) is 0 Å². The maximum absolute atomic E-state index is 4.63. The van der Waals surface area contributed by atoms with Crippen molar-refractivity contribution in [3.05, 3.63) is 96.6 Å². The van der Waals surface area contributed by atoms with Gasteiger partial charge in [0.2, 0.25) is 0 Å². The van der Waals surface area contributed by atoms with Gasteiger partial charge in [-0.05, 0) is 67.7 Å². The second-order valence-corrected chi connectivity index (χ2v) is 6.61. The highest BCUT2D eigenvalue weighted by Crippen LogP contribution is 2.24. The van der Waals surface area contributed by atoms with Gasteiger partial charge in [-0.15, -0.1) is 0 Å². The fourth-order valence-electron chi connectivity index (χ4n) is 2.52. The van der Waals surface area contributed by atoms with Gasteiger partial charge in [0, 0.05) is 31.0 Å². The van der Waals surface area contributed by atoms with E-state index >= 15 is 0 Å². The fraction of sp³-hybridized carbons (Fsp3) is 0.208. The molecule has 0 aliphatic heterocycles. The monoisotopic (exact) mass is 357 g/mol. The molecule has 3 heteroatoms. The molecule has 0 fully saturated rings. The van der Waals surface area contributed by atoms with Crippen molar-refractivity contribution >= 4 is 18.4 Å². The number of hydrogen-bond donors (Lipinski definition) is 0. The van der Waals surface area contributed by atoms with Gasteiger partial charge in [-0.25, -0.2) is 0 Å². The Morgan fingerprint density at radius 1 is 0.963 bits per heavy atom. The highest BCUT2D eigenvalue weighted by molar-refractivity contribution is 5.71. The molecule has 2 aromatic rings. The molecule has 0 spiro atoms. The molecule has 3 nitrogen and oxygen atoms in total. The van der Waals surface area contributed by atoms with E-state index < -0.39 is 0 Å². The molecule has 0 atom stereocenters. The lowest BCUT2D eigenvalue weighted by Gasteiger charge is -2.21. The molecule has 2 aromatic heterocycles. The lowest BCUT2D eigenvalue weighted by Crippen LogP contribution is -2.19. The molecular weight excluding hydrogens is 330 g/mol. The maximum Gasteiger partial charge on any atom is 0.0797 e. The smallest absolute Gasteiger partial charge is 0.0797 e. The lowest BCUT2D eigenvalue weighted by atomic mass is 9.92.